The molecule has 0 aliphatic rings. The van der Waals surface area contributed by atoms with Crippen molar-refractivity contribution in [2.24, 2.45) is 0 Å². The number of nitrogens with one attached hydrogen (secondary N) is 1. The van der Waals surface area contributed by atoms with Crippen molar-refractivity contribution in [3.63, 3.8) is 0 Å². The molecule has 0 bridgehead atoms. The highest BCUT2D eigenvalue weighted by Crippen LogP contribution is 2.18. The number of aliphatic hydroxyl groups excluding tert-OH is 2. The van der Waals surface area contributed by atoms with Crippen LogP contribution in [0.5, 0.6) is 0 Å². The van der Waals surface area contributed by atoms with Gasteiger partial charge in [-0.05, 0) is 89.9 Å². The molecule has 6 heteroatoms. The lowest BCUT2D eigenvalue weighted by Gasteiger charge is -2.20. The first-order valence-corrected chi connectivity index (χ1v) is 34.9. The van der Waals surface area contributed by atoms with Gasteiger partial charge in [0.1, 0.15) is 0 Å². The number of hydrogen-bond acceptors (Lipinski definition) is 5. The summed E-state index contributed by atoms with van der Waals surface area (Å²) in [5.41, 5.74) is 0. The van der Waals surface area contributed by atoms with E-state index in [1.54, 1.807) is 6.08 Å². The number of aliphatic hydroxyl groups is 2. The van der Waals surface area contributed by atoms with Crippen LogP contribution in [-0.4, -0.2) is 47.4 Å². The third kappa shape index (κ3) is 63.0. The van der Waals surface area contributed by atoms with Crippen molar-refractivity contribution in [3.8, 4) is 0 Å². The topological polar surface area (TPSA) is 95.9 Å². The van der Waals surface area contributed by atoms with Gasteiger partial charge in [-0.25, -0.2) is 0 Å². The molecular formula is C72H135NO5. The van der Waals surface area contributed by atoms with Crippen LogP contribution in [0.1, 0.15) is 373 Å². The molecule has 0 aliphatic carbocycles. The maximum Gasteiger partial charge on any atom is 0.305 e. The Labute approximate surface area is 486 Å². The zero-order valence-corrected chi connectivity index (χ0v) is 52.4. The van der Waals surface area contributed by atoms with Gasteiger partial charge in [0.15, 0.2) is 0 Å². The van der Waals surface area contributed by atoms with Gasteiger partial charge in [-0.2, -0.15) is 0 Å². The van der Waals surface area contributed by atoms with Gasteiger partial charge >= 0.3 is 5.97 Å². The van der Waals surface area contributed by atoms with Gasteiger partial charge in [-0.1, -0.05) is 319 Å². The number of allylic oxidation sites excluding steroid dienone is 7. The summed E-state index contributed by atoms with van der Waals surface area (Å²) in [7, 11) is 0. The average molecular weight is 1090 g/mol. The normalized spacial score (nSPS) is 12.8. The Morgan fingerprint density at radius 3 is 1.01 bits per heavy atom. The lowest BCUT2D eigenvalue weighted by Crippen LogP contribution is -2.45. The lowest BCUT2D eigenvalue weighted by atomic mass is 10.0. The zero-order chi connectivity index (χ0) is 56.4. The number of unbranched alkanes of at least 4 members (excludes halogenated alkanes) is 48. The SMILES string of the molecule is CCCCC/C=C\CCCCCCCC(=O)OCCCCCCCCCCC/C=C\C/C=C\CCCCCCCCCCCCCCCCCC(=O)NC(CO)C(O)/C=C/CCCCCCCCCCCCCCCCCC. The van der Waals surface area contributed by atoms with Gasteiger partial charge in [0.05, 0.1) is 25.4 Å². The minimum absolute atomic E-state index is 0.00273. The molecule has 0 aromatic rings. The van der Waals surface area contributed by atoms with E-state index in [0.717, 1.165) is 51.4 Å². The number of carbonyl (C=O) groups is 2. The van der Waals surface area contributed by atoms with Crippen molar-refractivity contribution in [2.75, 3.05) is 13.2 Å². The third-order valence-electron chi connectivity index (χ3n) is 16.1. The predicted octanol–water partition coefficient (Wildman–Crippen LogP) is 22.5. The summed E-state index contributed by atoms with van der Waals surface area (Å²) in [4.78, 5) is 24.5. The van der Waals surface area contributed by atoms with Crippen molar-refractivity contribution in [1.82, 2.24) is 5.32 Å². The van der Waals surface area contributed by atoms with E-state index in [1.165, 1.54) is 295 Å². The number of rotatable bonds is 65. The molecule has 6 nitrogen and oxygen atoms in total. The smallest absolute Gasteiger partial charge is 0.305 e. The highest BCUT2D eigenvalue weighted by Gasteiger charge is 2.18. The minimum Gasteiger partial charge on any atom is -0.466 e. The van der Waals surface area contributed by atoms with E-state index < -0.39 is 12.1 Å². The van der Waals surface area contributed by atoms with E-state index in [0.29, 0.717) is 19.4 Å². The van der Waals surface area contributed by atoms with Gasteiger partial charge in [0.2, 0.25) is 5.91 Å². The molecule has 0 aromatic heterocycles. The number of carbonyl (C=O) groups excluding carboxylic acids is 2. The first-order chi connectivity index (χ1) is 38.5. The summed E-state index contributed by atoms with van der Waals surface area (Å²) in [6, 6.07) is -0.628. The summed E-state index contributed by atoms with van der Waals surface area (Å²) in [5, 5.41) is 23.2. The van der Waals surface area contributed by atoms with Crippen LogP contribution in [0, 0.1) is 0 Å². The fourth-order valence-corrected chi connectivity index (χ4v) is 10.7. The summed E-state index contributed by atoms with van der Waals surface area (Å²) in [6.07, 6.45) is 87.6. The van der Waals surface area contributed by atoms with Crippen molar-refractivity contribution < 1.29 is 24.5 Å². The standard InChI is InChI=1S/C72H135NO5/c1-3-5-7-9-11-13-15-17-18-19-35-38-41-44-48-52-56-60-64-70(75)69(68-74)73-71(76)65-61-57-53-49-45-42-39-36-33-31-29-27-25-23-21-20-22-24-26-28-30-32-34-37-40-43-47-51-55-59-63-67-78-72(77)66-62-58-54-50-46-16-14-12-10-8-6-4-2/h12,14,22,24,28,30,60,64,69-70,74-75H,3-11,13,15-21,23,25-27,29,31-59,61-63,65-68H2,1-2H3,(H,73,76)/b14-12-,24-22-,30-28-,64-60+. The van der Waals surface area contributed by atoms with Crippen LogP contribution in [0.15, 0.2) is 48.6 Å². The quantitative estimate of drug-likeness (QED) is 0.0320. The van der Waals surface area contributed by atoms with E-state index in [-0.39, 0.29) is 18.5 Å². The second-order valence-electron chi connectivity index (χ2n) is 23.9. The summed E-state index contributed by atoms with van der Waals surface area (Å²) in [6.45, 7) is 4.90. The van der Waals surface area contributed by atoms with Gasteiger partial charge in [0, 0.05) is 12.8 Å². The monoisotopic (exact) mass is 1090 g/mol. The van der Waals surface area contributed by atoms with Crippen LogP contribution >= 0.6 is 0 Å². The molecule has 0 rings (SSSR count). The second-order valence-corrected chi connectivity index (χ2v) is 23.9. The highest BCUT2D eigenvalue weighted by atomic mass is 16.5. The van der Waals surface area contributed by atoms with Gasteiger partial charge in [-0.3, -0.25) is 9.59 Å². The Hall–Kier alpha value is -2.18. The molecule has 0 radical (unpaired) electrons. The minimum atomic E-state index is -0.845. The molecule has 0 saturated heterocycles. The number of ether oxygens (including phenoxy) is 1. The fraction of sp³-hybridized carbons (Fsp3) is 0.861. The largest absolute Gasteiger partial charge is 0.466 e. The third-order valence-corrected chi connectivity index (χ3v) is 16.1. The van der Waals surface area contributed by atoms with E-state index in [4.69, 9.17) is 4.74 Å². The van der Waals surface area contributed by atoms with Crippen LogP contribution in [0.25, 0.3) is 0 Å². The van der Waals surface area contributed by atoms with Crippen molar-refractivity contribution in [2.45, 2.75) is 386 Å². The van der Waals surface area contributed by atoms with Crippen LogP contribution in [0.4, 0.5) is 0 Å². The van der Waals surface area contributed by atoms with Crippen LogP contribution < -0.4 is 5.32 Å². The molecule has 0 saturated carbocycles. The number of hydrogen-bond donors (Lipinski definition) is 3. The van der Waals surface area contributed by atoms with Crippen molar-refractivity contribution in [3.05, 3.63) is 48.6 Å². The van der Waals surface area contributed by atoms with Crippen LogP contribution in [-0.2, 0) is 14.3 Å². The molecule has 2 atom stereocenters. The molecule has 458 valence electrons. The van der Waals surface area contributed by atoms with Crippen molar-refractivity contribution in [1.29, 1.82) is 0 Å². The van der Waals surface area contributed by atoms with Gasteiger partial charge in [-0.15, -0.1) is 0 Å². The molecule has 78 heavy (non-hydrogen) atoms. The Bertz CT molecular complexity index is 1310. The van der Waals surface area contributed by atoms with Crippen molar-refractivity contribution >= 4 is 11.9 Å². The average Bonchev–Trinajstić information content (AvgIpc) is 3.44. The van der Waals surface area contributed by atoms with E-state index >= 15 is 0 Å². The maximum absolute atomic E-state index is 12.5. The number of esters is 1. The highest BCUT2D eigenvalue weighted by molar-refractivity contribution is 5.76. The predicted molar refractivity (Wildman–Crippen MR) is 342 cm³/mol. The molecule has 1 amide bonds. The molecule has 2 unspecified atom stereocenters. The lowest BCUT2D eigenvalue weighted by molar-refractivity contribution is -0.143. The van der Waals surface area contributed by atoms with E-state index in [1.807, 2.05) is 6.08 Å². The first-order valence-electron chi connectivity index (χ1n) is 34.9. The van der Waals surface area contributed by atoms with E-state index in [2.05, 4.69) is 55.6 Å². The molecular weight excluding hydrogens is 959 g/mol. The Morgan fingerprint density at radius 2 is 0.641 bits per heavy atom. The first kappa shape index (κ1) is 75.8. The molecule has 3 N–H and O–H groups in total. The molecule has 0 aliphatic heterocycles. The zero-order valence-electron chi connectivity index (χ0n) is 52.4. The van der Waals surface area contributed by atoms with Crippen LogP contribution in [0.3, 0.4) is 0 Å². The molecule has 0 aromatic carbocycles. The summed E-state index contributed by atoms with van der Waals surface area (Å²) < 4.78 is 5.47. The second kappa shape index (κ2) is 67.3. The Balaban J connectivity index is 3.42. The van der Waals surface area contributed by atoms with Gasteiger partial charge < -0.3 is 20.3 Å². The Morgan fingerprint density at radius 1 is 0.359 bits per heavy atom. The van der Waals surface area contributed by atoms with E-state index in [9.17, 15) is 19.8 Å². The summed E-state index contributed by atoms with van der Waals surface area (Å²) in [5.74, 6) is -0.0621. The molecule has 0 heterocycles. The summed E-state index contributed by atoms with van der Waals surface area (Å²) >= 11 is 0. The number of amides is 1. The van der Waals surface area contributed by atoms with Gasteiger partial charge in [0.25, 0.3) is 0 Å². The fourth-order valence-electron chi connectivity index (χ4n) is 10.7. The van der Waals surface area contributed by atoms with Crippen LogP contribution in [0.2, 0.25) is 0 Å². The molecule has 0 spiro atoms. The molecule has 0 fully saturated rings. The Kier molecular flexibility index (Phi) is 65.4. The maximum atomic E-state index is 12.5.